The molecule has 1 aliphatic carbocycles. The molecule has 6 heteroatoms. The van der Waals surface area contributed by atoms with Crippen molar-refractivity contribution in [1.82, 2.24) is 19.6 Å². The number of hydrogen-bond donors (Lipinski definition) is 2. The molecular formula is C10H12N4OS. The standard InChI is InChI=1S/C10H12N4OS/c15-5-4-8-12-10-11-7-3-1-2-6(7)9(16)14(10)13-8/h15H,1-5H2,(H,11,12,13). The van der Waals surface area contributed by atoms with Gasteiger partial charge in [-0.15, -0.1) is 0 Å². The first-order valence-electron chi connectivity index (χ1n) is 5.40. The van der Waals surface area contributed by atoms with E-state index in [1.807, 2.05) is 0 Å². The number of aliphatic hydroxyl groups is 1. The molecule has 0 bridgehead atoms. The molecule has 0 atom stereocenters. The van der Waals surface area contributed by atoms with Crippen molar-refractivity contribution < 1.29 is 5.11 Å². The van der Waals surface area contributed by atoms with Crippen molar-refractivity contribution in [2.45, 2.75) is 25.7 Å². The van der Waals surface area contributed by atoms with Crippen LogP contribution in [0.4, 0.5) is 0 Å². The van der Waals surface area contributed by atoms with E-state index in [-0.39, 0.29) is 6.61 Å². The largest absolute Gasteiger partial charge is 0.396 e. The van der Waals surface area contributed by atoms with Crippen molar-refractivity contribution in [3.63, 3.8) is 0 Å². The van der Waals surface area contributed by atoms with Crippen molar-refractivity contribution in [2.75, 3.05) is 6.61 Å². The van der Waals surface area contributed by atoms with Gasteiger partial charge in [0.05, 0.1) is 12.3 Å². The number of rotatable bonds is 2. The van der Waals surface area contributed by atoms with Gasteiger partial charge in [-0.3, -0.25) is 5.10 Å². The van der Waals surface area contributed by atoms with Crippen LogP contribution >= 0.6 is 12.2 Å². The molecular weight excluding hydrogens is 224 g/mol. The molecule has 2 aromatic rings. The van der Waals surface area contributed by atoms with Gasteiger partial charge in [-0.2, -0.15) is 4.98 Å². The fourth-order valence-corrected chi connectivity index (χ4v) is 2.49. The van der Waals surface area contributed by atoms with E-state index in [2.05, 4.69) is 15.1 Å². The van der Waals surface area contributed by atoms with E-state index in [0.717, 1.165) is 35.4 Å². The number of aliphatic hydroxyl groups excluding tert-OH is 1. The minimum atomic E-state index is 0.0762. The molecule has 84 valence electrons. The van der Waals surface area contributed by atoms with Gasteiger partial charge in [0.15, 0.2) is 0 Å². The van der Waals surface area contributed by atoms with Crippen LogP contribution in [0.1, 0.15) is 23.5 Å². The Hall–Kier alpha value is -1.27. The van der Waals surface area contributed by atoms with E-state index in [0.29, 0.717) is 12.2 Å². The van der Waals surface area contributed by atoms with Gasteiger partial charge in [0, 0.05) is 12.0 Å². The van der Waals surface area contributed by atoms with Crippen molar-refractivity contribution in [3.8, 4) is 0 Å². The molecule has 0 amide bonds. The molecule has 0 fully saturated rings. The van der Waals surface area contributed by atoms with Gasteiger partial charge < -0.3 is 5.11 Å². The highest BCUT2D eigenvalue weighted by atomic mass is 32.1. The summed E-state index contributed by atoms with van der Waals surface area (Å²) in [5, 5.41) is 11.9. The average Bonchev–Trinajstić information content (AvgIpc) is 2.85. The summed E-state index contributed by atoms with van der Waals surface area (Å²) in [7, 11) is 0. The summed E-state index contributed by atoms with van der Waals surface area (Å²) in [6.07, 6.45) is 3.64. The van der Waals surface area contributed by atoms with Crippen LogP contribution in [-0.2, 0) is 19.3 Å². The predicted octanol–water partition coefficient (Wildman–Crippen LogP) is 0.810. The lowest BCUT2D eigenvalue weighted by atomic mass is 10.3. The fourth-order valence-electron chi connectivity index (χ4n) is 2.15. The lowest BCUT2D eigenvalue weighted by Crippen LogP contribution is -1.99. The predicted molar refractivity (Wildman–Crippen MR) is 61.0 cm³/mol. The molecule has 2 aromatic heterocycles. The van der Waals surface area contributed by atoms with Gasteiger partial charge in [0.1, 0.15) is 10.5 Å². The van der Waals surface area contributed by atoms with Crippen LogP contribution in [-0.4, -0.2) is 31.3 Å². The Kier molecular flexibility index (Phi) is 2.26. The number of aromatic nitrogens is 4. The Morgan fingerprint density at radius 1 is 1.38 bits per heavy atom. The van der Waals surface area contributed by atoms with Gasteiger partial charge in [-0.05, 0) is 19.3 Å². The zero-order valence-corrected chi connectivity index (χ0v) is 9.55. The molecule has 1 aliphatic rings. The minimum absolute atomic E-state index is 0.0762. The first-order chi connectivity index (χ1) is 7.79. The molecule has 16 heavy (non-hydrogen) atoms. The van der Waals surface area contributed by atoms with Crippen LogP contribution in [0.2, 0.25) is 0 Å². The van der Waals surface area contributed by atoms with Crippen LogP contribution in [0.25, 0.3) is 5.78 Å². The summed E-state index contributed by atoms with van der Waals surface area (Å²) in [4.78, 5) is 8.80. The maximum Gasteiger partial charge on any atom is 0.252 e. The van der Waals surface area contributed by atoms with E-state index in [1.165, 1.54) is 5.56 Å². The van der Waals surface area contributed by atoms with Gasteiger partial charge in [0.2, 0.25) is 0 Å². The lowest BCUT2D eigenvalue weighted by Gasteiger charge is -1.99. The van der Waals surface area contributed by atoms with Gasteiger partial charge >= 0.3 is 0 Å². The molecule has 0 saturated carbocycles. The first-order valence-corrected chi connectivity index (χ1v) is 5.80. The van der Waals surface area contributed by atoms with E-state index < -0.39 is 0 Å². The second kappa shape index (κ2) is 3.64. The molecule has 3 rings (SSSR count). The van der Waals surface area contributed by atoms with Gasteiger partial charge in [-0.25, -0.2) is 9.50 Å². The second-order valence-electron chi connectivity index (χ2n) is 3.98. The molecule has 2 heterocycles. The van der Waals surface area contributed by atoms with Crippen molar-refractivity contribution in [2.24, 2.45) is 0 Å². The fraction of sp³-hybridized carbons (Fsp3) is 0.500. The first kappa shape index (κ1) is 9.92. The SMILES string of the molecule is OCCc1nc2nc3c(c(=S)n2[nH]1)CCC3. The van der Waals surface area contributed by atoms with Crippen molar-refractivity contribution in [3.05, 3.63) is 21.7 Å². The van der Waals surface area contributed by atoms with Crippen molar-refractivity contribution in [1.29, 1.82) is 0 Å². The van der Waals surface area contributed by atoms with Gasteiger partial charge in [0.25, 0.3) is 5.78 Å². The molecule has 0 radical (unpaired) electrons. The number of H-pyrrole nitrogens is 1. The van der Waals surface area contributed by atoms with Crippen molar-refractivity contribution >= 4 is 18.0 Å². The van der Waals surface area contributed by atoms with Crippen LogP contribution < -0.4 is 0 Å². The highest BCUT2D eigenvalue weighted by molar-refractivity contribution is 7.71. The molecule has 5 nitrogen and oxygen atoms in total. The monoisotopic (exact) mass is 236 g/mol. The second-order valence-corrected chi connectivity index (χ2v) is 4.36. The number of aromatic amines is 1. The van der Waals surface area contributed by atoms with Crippen LogP contribution in [0.3, 0.4) is 0 Å². The Bertz CT molecular complexity index is 601. The summed E-state index contributed by atoms with van der Waals surface area (Å²) in [5.41, 5.74) is 2.26. The molecule has 0 spiro atoms. The van der Waals surface area contributed by atoms with Crippen LogP contribution in [0.15, 0.2) is 0 Å². The third-order valence-corrected chi connectivity index (χ3v) is 3.34. The number of nitrogens with zero attached hydrogens (tertiary/aromatic N) is 3. The molecule has 2 N–H and O–H groups in total. The lowest BCUT2D eigenvalue weighted by molar-refractivity contribution is 0.296. The quantitative estimate of drug-likeness (QED) is 0.757. The maximum atomic E-state index is 8.86. The molecule has 0 unspecified atom stereocenters. The summed E-state index contributed by atoms with van der Waals surface area (Å²) in [6, 6.07) is 0. The minimum Gasteiger partial charge on any atom is -0.396 e. The van der Waals surface area contributed by atoms with E-state index >= 15 is 0 Å². The Labute approximate surface area is 97.1 Å². The van der Waals surface area contributed by atoms with Gasteiger partial charge in [-0.1, -0.05) is 12.2 Å². The Morgan fingerprint density at radius 2 is 2.25 bits per heavy atom. The highest BCUT2D eigenvalue weighted by Crippen LogP contribution is 2.21. The average molecular weight is 236 g/mol. The van der Waals surface area contributed by atoms with Crippen LogP contribution in [0.5, 0.6) is 0 Å². The summed E-state index contributed by atoms with van der Waals surface area (Å²) in [6.45, 7) is 0.0762. The number of hydrogen-bond acceptors (Lipinski definition) is 4. The molecule has 0 aromatic carbocycles. The molecule has 0 aliphatic heterocycles. The number of fused-ring (bicyclic) bond motifs is 2. The number of nitrogens with one attached hydrogen (secondary N) is 1. The summed E-state index contributed by atoms with van der Waals surface area (Å²) < 4.78 is 2.53. The molecule has 0 saturated heterocycles. The summed E-state index contributed by atoms with van der Waals surface area (Å²) >= 11 is 5.41. The smallest absolute Gasteiger partial charge is 0.252 e. The Balaban J connectivity index is 2.25. The highest BCUT2D eigenvalue weighted by Gasteiger charge is 2.17. The van der Waals surface area contributed by atoms with E-state index in [4.69, 9.17) is 17.3 Å². The number of aryl methyl sites for hydroxylation is 1. The Morgan fingerprint density at radius 3 is 3.06 bits per heavy atom. The van der Waals surface area contributed by atoms with E-state index in [1.54, 1.807) is 4.52 Å². The zero-order chi connectivity index (χ0) is 11.1. The zero-order valence-electron chi connectivity index (χ0n) is 8.73. The van der Waals surface area contributed by atoms with Crippen LogP contribution in [0, 0.1) is 4.64 Å². The summed E-state index contributed by atoms with van der Waals surface area (Å²) in [5.74, 6) is 1.35. The normalized spacial score (nSPS) is 14.6. The topological polar surface area (TPSA) is 66.2 Å². The third-order valence-electron chi connectivity index (χ3n) is 2.91. The third kappa shape index (κ3) is 1.37. The maximum absolute atomic E-state index is 8.86. The van der Waals surface area contributed by atoms with E-state index in [9.17, 15) is 0 Å².